The van der Waals surface area contributed by atoms with Crippen LogP contribution in [0, 0.1) is 0 Å². The number of furan rings is 2. The van der Waals surface area contributed by atoms with Crippen molar-refractivity contribution in [1.29, 1.82) is 0 Å². The molecule has 4 aromatic heterocycles. The summed E-state index contributed by atoms with van der Waals surface area (Å²) in [5.41, 5.74) is 12.4. The Morgan fingerprint density at radius 3 is 1.35 bits per heavy atom. The number of para-hydroxylation sites is 1. The first-order valence-corrected chi connectivity index (χ1v) is 21.9. The lowest BCUT2D eigenvalue weighted by Gasteiger charge is -2.12. The van der Waals surface area contributed by atoms with Crippen molar-refractivity contribution >= 4 is 54.6 Å². The Morgan fingerprint density at radius 1 is 0.227 bits per heavy atom. The third kappa shape index (κ3) is 6.66. The molecule has 0 aliphatic rings. The average Bonchev–Trinajstić information content (AvgIpc) is 3.95. The SMILES string of the molecule is c1ccc(-c2nc(-c3cccc(-c4cccc(-c5nc(-c6ccccc6)nc(-c6ccc7c(c6)oc6ccccc67)n5)c4)c3)cc(-c3ccc4c(c3)oc3cc5ccccc5cc34)n2)cc1. The molecule has 0 aliphatic heterocycles. The second-order valence-corrected chi connectivity index (χ2v) is 16.5. The van der Waals surface area contributed by atoms with E-state index in [1.807, 2.05) is 91.0 Å². The van der Waals surface area contributed by atoms with Crippen molar-refractivity contribution in [1.82, 2.24) is 24.9 Å². The molecule has 0 saturated carbocycles. The maximum absolute atomic E-state index is 6.48. The van der Waals surface area contributed by atoms with E-state index < -0.39 is 0 Å². The van der Waals surface area contributed by atoms with E-state index in [1.54, 1.807) is 0 Å². The van der Waals surface area contributed by atoms with Gasteiger partial charge < -0.3 is 8.83 Å². The van der Waals surface area contributed by atoms with Crippen LogP contribution >= 0.6 is 0 Å². The summed E-state index contributed by atoms with van der Waals surface area (Å²) in [6.07, 6.45) is 0. The van der Waals surface area contributed by atoms with Crippen molar-refractivity contribution in [2.45, 2.75) is 0 Å². The van der Waals surface area contributed by atoms with Gasteiger partial charge in [0.25, 0.3) is 0 Å². The number of hydrogen-bond donors (Lipinski definition) is 0. The van der Waals surface area contributed by atoms with Crippen LogP contribution in [-0.4, -0.2) is 24.9 Å². The molecule has 7 heteroatoms. The van der Waals surface area contributed by atoms with Gasteiger partial charge in [-0.05, 0) is 82.6 Å². The molecular weight excluding hydrogens is 811 g/mol. The summed E-state index contributed by atoms with van der Waals surface area (Å²) < 4.78 is 12.7. The fourth-order valence-corrected chi connectivity index (χ4v) is 8.99. The smallest absolute Gasteiger partial charge is 0.164 e. The topological polar surface area (TPSA) is 90.7 Å². The van der Waals surface area contributed by atoms with Crippen LogP contribution < -0.4 is 0 Å². The van der Waals surface area contributed by atoms with Crippen LogP contribution in [0.1, 0.15) is 0 Å². The second-order valence-electron chi connectivity index (χ2n) is 16.5. The molecule has 0 fully saturated rings. The van der Waals surface area contributed by atoms with Crippen molar-refractivity contribution in [2.75, 3.05) is 0 Å². The van der Waals surface area contributed by atoms with E-state index in [1.165, 1.54) is 5.39 Å². The largest absolute Gasteiger partial charge is 0.456 e. The Balaban J connectivity index is 0.893. The molecule has 0 aliphatic carbocycles. The normalized spacial score (nSPS) is 11.6. The Hall–Kier alpha value is -9.07. The number of nitrogens with zero attached hydrogens (tertiary/aromatic N) is 5. The van der Waals surface area contributed by atoms with Gasteiger partial charge in [-0.1, -0.05) is 152 Å². The van der Waals surface area contributed by atoms with Crippen LogP contribution in [0.3, 0.4) is 0 Å². The van der Waals surface area contributed by atoms with E-state index in [4.69, 9.17) is 33.8 Å². The molecule has 0 unspecified atom stereocenters. The maximum Gasteiger partial charge on any atom is 0.164 e. The number of hydrogen-bond acceptors (Lipinski definition) is 7. The molecule has 0 amide bonds. The highest BCUT2D eigenvalue weighted by atomic mass is 16.3. The minimum atomic E-state index is 0.565. The Kier molecular flexibility index (Phi) is 8.70. The number of aromatic nitrogens is 5. The lowest BCUT2D eigenvalue weighted by molar-refractivity contribution is 0.669. The van der Waals surface area contributed by atoms with Gasteiger partial charge in [0.15, 0.2) is 23.3 Å². The van der Waals surface area contributed by atoms with Crippen molar-refractivity contribution in [3.63, 3.8) is 0 Å². The molecule has 4 heterocycles. The van der Waals surface area contributed by atoms with Crippen LogP contribution in [0.5, 0.6) is 0 Å². The van der Waals surface area contributed by atoms with E-state index in [9.17, 15) is 0 Å². The summed E-state index contributed by atoms with van der Waals surface area (Å²) in [6, 6.07) is 72.4. The van der Waals surface area contributed by atoms with Gasteiger partial charge in [-0.2, -0.15) is 0 Å². The molecule has 0 radical (unpaired) electrons. The highest BCUT2D eigenvalue weighted by Gasteiger charge is 2.17. The number of benzene rings is 9. The molecule has 7 nitrogen and oxygen atoms in total. The summed E-state index contributed by atoms with van der Waals surface area (Å²) in [7, 11) is 0. The van der Waals surface area contributed by atoms with Crippen LogP contribution in [0.15, 0.2) is 221 Å². The maximum atomic E-state index is 6.48. The minimum absolute atomic E-state index is 0.565. The van der Waals surface area contributed by atoms with Crippen LogP contribution in [0.4, 0.5) is 0 Å². The first-order valence-electron chi connectivity index (χ1n) is 21.9. The van der Waals surface area contributed by atoms with Gasteiger partial charge >= 0.3 is 0 Å². The predicted octanol–water partition coefficient (Wildman–Crippen LogP) is 15.3. The number of rotatable bonds is 7. The average molecular weight is 846 g/mol. The van der Waals surface area contributed by atoms with Gasteiger partial charge in [-0.25, -0.2) is 24.9 Å². The molecule has 0 saturated heterocycles. The summed E-state index contributed by atoms with van der Waals surface area (Å²) in [5, 5.41) is 6.63. The standard InChI is InChI=1S/C59H35N5O2/c1-3-13-36(14-4-1)56-60-50(35-51(61-56)43-25-27-48-49-31-40-17-7-8-18-41(40)32-55(49)66-53(48)33-43)42-21-11-19-38(29-42)39-20-12-22-44(30-39)58-62-57(37-15-5-2-6-16-37)63-59(64-58)45-26-28-47-46-23-9-10-24-52(46)65-54(47)34-45/h1-35H. The zero-order valence-electron chi connectivity index (χ0n) is 35.3. The molecule has 13 aromatic rings. The molecule has 308 valence electrons. The van der Waals surface area contributed by atoms with Crippen LogP contribution in [0.25, 0.3) is 134 Å². The Bertz CT molecular complexity index is 4010. The highest BCUT2D eigenvalue weighted by Crippen LogP contribution is 2.37. The molecule has 0 N–H and O–H groups in total. The second kappa shape index (κ2) is 15.3. The first kappa shape index (κ1) is 37.5. The van der Waals surface area contributed by atoms with Gasteiger partial charge in [0.05, 0.1) is 11.4 Å². The summed E-state index contributed by atoms with van der Waals surface area (Å²) in [5.74, 6) is 2.37. The van der Waals surface area contributed by atoms with E-state index in [2.05, 4.69) is 121 Å². The fraction of sp³-hybridized carbons (Fsp3) is 0. The summed E-state index contributed by atoms with van der Waals surface area (Å²) >= 11 is 0. The monoisotopic (exact) mass is 845 g/mol. The van der Waals surface area contributed by atoms with Crippen LogP contribution in [0.2, 0.25) is 0 Å². The predicted molar refractivity (Wildman–Crippen MR) is 266 cm³/mol. The third-order valence-electron chi connectivity index (χ3n) is 12.3. The van der Waals surface area contributed by atoms with Gasteiger partial charge in [-0.15, -0.1) is 0 Å². The molecule has 9 aromatic carbocycles. The van der Waals surface area contributed by atoms with Crippen molar-refractivity contribution < 1.29 is 8.83 Å². The van der Waals surface area contributed by atoms with Crippen molar-refractivity contribution in [2.24, 2.45) is 0 Å². The lowest BCUT2D eigenvalue weighted by atomic mass is 9.98. The van der Waals surface area contributed by atoms with Crippen molar-refractivity contribution in [3.8, 4) is 79.2 Å². The third-order valence-corrected chi connectivity index (χ3v) is 12.3. The van der Waals surface area contributed by atoms with Gasteiger partial charge in [0.2, 0.25) is 0 Å². The molecule has 66 heavy (non-hydrogen) atoms. The highest BCUT2D eigenvalue weighted by molar-refractivity contribution is 6.11. The van der Waals surface area contributed by atoms with E-state index in [0.29, 0.717) is 23.3 Å². The van der Waals surface area contributed by atoms with Crippen LogP contribution in [-0.2, 0) is 0 Å². The first-order chi connectivity index (χ1) is 32.6. The number of fused-ring (bicyclic) bond motifs is 7. The molecule has 0 bridgehead atoms. The molecule has 13 rings (SSSR count). The van der Waals surface area contributed by atoms with Crippen molar-refractivity contribution in [3.05, 3.63) is 212 Å². The van der Waals surface area contributed by atoms with E-state index in [0.717, 1.165) is 105 Å². The zero-order valence-corrected chi connectivity index (χ0v) is 35.3. The Labute approximate surface area is 378 Å². The molecular formula is C59H35N5O2. The fourth-order valence-electron chi connectivity index (χ4n) is 8.99. The zero-order chi connectivity index (χ0) is 43.6. The van der Waals surface area contributed by atoms with E-state index >= 15 is 0 Å². The molecule has 0 spiro atoms. The Morgan fingerprint density at radius 2 is 0.652 bits per heavy atom. The lowest BCUT2D eigenvalue weighted by Crippen LogP contribution is -2.00. The molecule has 0 atom stereocenters. The van der Waals surface area contributed by atoms with Gasteiger partial charge in [0.1, 0.15) is 22.3 Å². The minimum Gasteiger partial charge on any atom is -0.456 e. The van der Waals surface area contributed by atoms with Gasteiger partial charge in [0, 0.05) is 54.9 Å². The summed E-state index contributed by atoms with van der Waals surface area (Å²) in [6.45, 7) is 0. The van der Waals surface area contributed by atoms with Gasteiger partial charge in [-0.3, -0.25) is 0 Å². The quantitative estimate of drug-likeness (QED) is 0.158. The summed E-state index contributed by atoms with van der Waals surface area (Å²) in [4.78, 5) is 25.4. The van der Waals surface area contributed by atoms with E-state index in [-0.39, 0.29) is 0 Å².